The summed E-state index contributed by atoms with van der Waals surface area (Å²) in [7, 11) is 0. The number of nitrogens with one attached hydrogen (secondary N) is 1. The van der Waals surface area contributed by atoms with Gasteiger partial charge in [0.25, 0.3) is 5.56 Å². The van der Waals surface area contributed by atoms with E-state index >= 15 is 0 Å². The average molecular weight is 248 g/mol. The molecule has 88 valence electrons. The Morgan fingerprint density at radius 3 is 3.29 bits per heavy atom. The summed E-state index contributed by atoms with van der Waals surface area (Å²) in [5.41, 5.74) is 1.53. The summed E-state index contributed by atoms with van der Waals surface area (Å²) in [6.07, 6.45) is 1.43. The van der Waals surface area contributed by atoms with Gasteiger partial charge in [0.15, 0.2) is 0 Å². The first-order chi connectivity index (χ1) is 8.33. The minimum absolute atomic E-state index is 0.0544. The zero-order valence-electron chi connectivity index (χ0n) is 9.23. The Balaban J connectivity index is 1.96. The lowest BCUT2D eigenvalue weighted by Gasteiger charge is -2.15. The van der Waals surface area contributed by atoms with Crippen molar-refractivity contribution in [3.63, 3.8) is 0 Å². The van der Waals surface area contributed by atoms with Crippen LogP contribution in [0.25, 0.3) is 0 Å². The van der Waals surface area contributed by atoms with Crippen LogP contribution >= 0.6 is 11.3 Å². The summed E-state index contributed by atoms with van der Waals surface area (Å²) in [6, 6.07) is 4.05. The number of aromatic nitrogens is 2. The third-order valence-corrected chi connectivity index (χ3v) is 3.68. The van der Waals surface area contributed by atoms with E-state index in [2.05, 4.69) is 9.97 Å². The van der Waals surface area contributed by atoms with Gasteiger partial charge < -0.3 is 9.72 Å². The summed E-state index contributed by atoms with van der Waals surface area (Å²) < 4.78 is 5.26. The summed E-state index contributed by atoms with van der Waals surface area (Å²) >= 11 is 1.67. The Kier molecular flexibility index (Phi) is 2.78. The molecule has 0 aliphatic carbocycles. The standard InChI is InChI=1S/C12H12N2O2S/c15-12-9-7-16-4-3-10(9)13-11(14-12)6-8-2-1-5-17-8/h1-2,5H,3-4,6-7H2,(H,13,14,15). The molecule has 1 aliphatic rings. The van der Waals surface area contributed by atoms with Crippen LogP contribution in [-0.2, 0) is 24.2 Å². The first-order valence-electron chi connectivity index (χ1n) is 5.54. The normalized spacial score (nSPS) is 14.6. The van der Waals surface area contributed by atoms with Crippen LogP contribution in [0.3, 0.4) is 0 Å². The molecule has 0 amide bonds. The molecule has 1 aliphatic heterocycles. The summed E-state index contributed by atoms with van der Waals surface area (Å²) in [4.78, 5) is 20.4. The van der Waals surface area contributed by atoms with E-state index in [1.54, 1.807) is 11.3 Å². The van der Waals surface area contributed by atoms with E-state index in [-0.39, 0.29) is 5.56 Å². The lowest BCUT2D eigenvalue weighted by atomic mass is 10.1. The molecule has 4 nitrogen and oxygen atoms in total. The lowest BCUT2D eigenvalue weighted by molar-refractivity contribution is 0.108. The fourth-order valence-electron chi connectivity index (χ4n) is 1.96. The first-order valence-corrected chi connectivity index (χ1v) is 6.42. The molecule has 1 N–H and O–H groups in total. The van der Waals surface area contributed by atoms with Crippen LogP contribution in [0, 0.1) is 0 Å². The molecule has 0 unspecified atom stereocenters. The number of hydrogen-bond donors (Lipinski definition) is 1. The van der Waals surface area contributed by atoms with Crippen molar-refractivity contribution >= 4 is 11.3 Å². The first kappa shape index (κ1) is 10.7. The van der Waals surface area contributed by atoms with Gasteiger partial charge in [0.05, 0.1) is 24.5 Å². The fraction of sp³-hybridized carbons (Fsp3) is 0.333. The van der Waals surface area contributed by atoms with Gasteiger partial charge in [0.2, 0.25) is 0 Å². The molecule has 3 heterocycles. The predicted molar refractivity (Wildman–Crippen MR) is 65.3 cm³/mol. The second-order valence-electron chi connectivity index (χ2n) is 4.00. The van der Waals surface area contributed by atoms with Crippen molar-refractivity contribution in [1.82, 2.24) is 9.97 Å². The molecule has 0 saturated carbocycles. The number of hydrogen-bond acceptors (Lipinski definition) is 4. The fourth-order valence-corrected chi connectivity index (χ4v) is 2.67. The maximum atomic E-state index is 11.8. The Labute approximate surface area is 102 Å². The number of nitrogens with zero attached hydrogens (tertiary/aromatic N) is 1. The Bertz CT molecular complexity index is 575. The van der Waals surface area contributed by atoms with E-state index in [1.165, 1.54) is 4.88 Å². The highest BCUT2D eigenvalue weighted by Gasteiger charge is 2.15. The minimum Gasteiger partial charge on any atom is -0.376 e. The molecular weight excluding hydrogens is 236 g/mol. The van der Waals surface area contributed by atoms with Crippen molar-refractivity contribution in [2.75, 3.05) is 6.61 Å². The Morgan fingerprint density at radius 1 is 1.53 bits per heavy atom. The van der Waals surface area contributed by atoms with Crippen molar-refractivity contribution in [1.29, 1.82) is 0 Å². The number of rotatable bonds is 2. The van der Waals surface area contributed by atoms with Gasteiger partial charge in [0.1, 0.15) is 5.82 Å². The number of ether oxygens (including phenoxy) is 1. The average Bonchev–Trinajstić information content (AvgIpc) is 2.82. The van der Waals surface area contributed by atoms with E-state index in [0.717, 1.165) is 17.9 Å². The van der Waals surface area contributed by atoms with Crippen LogP contribution in [0.2, 0.25) is 0 Å². The minimum atomic E-state index is -0.0544. The molecule has 0 saturated heterocycles. The van der Waals surface area contributed by atoms with E-state index < -0.39 is 0 Å². The monoisotopic (exact) mass is 248 g/mol. The van der Waals surface area contributed by atoms with Gasteiger partial charge in [-0.05, 0) is 11.4 Å². The molecule has 0 spiro atoms. The van der Waals surface area contributed by atoms with Gasteiger partial charge in [-0.15, -0.1) is 11.3 Å². The highest BCUT2D eigenvalue weighted by atomic mass is 32.1. The zero-order valence-corrected chi connectivity index (χ0v) is 10.0. The van der Waals surface area contributed by atoms with Crippen molar-refractivity contribution in [3.05, 3.63) is 49.8 Å². The number of H-pyrrole nitrogens is 1. The number of thiophene rings is 1. The molecule has 0 fully saturated rings. The van der Waals surface area contributed by atoms with Crippen LogP contribution in [0.4, 0.5) is 0 Å². The van der Waals surface area contributed by atoms with Crippen molar-refractivity contribution in [2.45, 2.75) is 19.4 Å². The van der Waals surface area contributed by atoms with Crippen molar-refractivity contribution < 1.29 is 4.74 Å². The highest BCUT2D eigenvalue weighted by molar-refractivity contribution is 7.09. The highest BCUT2D eigenvalue weighted by Crippen LogP contribution is 2.14. The van der Waals surface area contributed by atoms with E-state index in [0.29, 0.717) is 25.2 Å². The van der Waals surface area contributed by atoms with Crippen LogP contribution in [-0.4, -0.2) is 16.6 Å². The van der Waals surface area contributed by atoms with Crippen LogP contribution in [0.1, 0.15) is 22.0 Å². The molecule has 2 aromatic heterocycles. The van der Waals surface area contributed by atoms with Gasteiger partial charge >= 0.3 is 0 Å². The molecule has 2 aromatic rings. The van der Waals surface area contributed by atoms with Gasteiger partial charge in [-0.2, -0.15) is 0 Å². The molecule has 0 atom stereocenters. The largest absolute Gasteiger partial charge is 0.376 e. The Hall–Kier alpha value is -1.46. The molecule has 0 aromatic carbocycles. The predicted octanol–water partition coefficient (Wildman–Crippen LogP) is 1.49. The van der Waals surface area contributed by atoms with Gasteiger partial charge in [0, 0.05) is 17.7 Å². The summed E-state index contributed by atoms with van der Waals surface area (Å²) in [6.45, 7) is 1.04. The number of aromatic amines is 1. The molecule has 0 bridgehead atoms. The molecule has 5 heteroatoms. The van der Waals surface area contributed by atoms with Crippen LogP contribution in [0.5, 0.6) is 0 Å². The molecular formula is C12H12N2O2S. The van der Waals surface area contributed by atoms with Gasteiger partial charge in [-0.3, -0.25) is 4.79 Å². The SMILES string of the molecule is O=c1[nH]c(Cc2cccs2)nc2c1COCC2. The van der Waals surface area contributed by atoms with Crippen molar-refractivity contribution in [3.8, 4) is 0 Å². The molecule has 3 rings (SSSR count). The topological polar surface area (TPSA) is 55.0 Å². The quantitative estimate of drug-likeness (QED) is 0.876. The smallest absolute Gasteiger partial charge is 0.256 e. The van der Waals surface area contributed by atoms with Gasteiger partial charge in [-0.1, -0.05) is 6.07 Å². The maximum absolute atomic E-state index is 11.8. The molecule has 17 heavy (non-hydrogen) atoms. The van der Waals surface area contributed by atoms with Gasteiger partial charge in [-0.25, -0.2) is 4.98 Å². The molecule has 0 radical (unpaired) electrons. The summed E-state index contributed by atoms with van der Waals surface area (Å²) in [5.74, 6) is 0.748. The third-order valence-electron chi connectivity index (χ3n) is 2.80. The van der Waals surface area contributed by atoms with E-state index in [1.807, 2.05) is 17.5 Å². The van der Waals surface area contributed by atoms with E-state index in [4.69, 9.17) is 4.74 Å². The zero-order chi connectivity index (χ0) is 11.7. The second-order valence-corrected chi connectivity index (χ2v) is 5.03. The third kappa shape index (κ3) is 2.16. The second kappa shape index (κ2) is 4.43. The summed E-state index contributed by atoms with van der Waals surface area (Å²) in [5, 5.41) is 2.03. The lowest BCUT2D eigenvalue weighted by Crippen LogP contribution is -2.25. The van der Waals surface area contributed by atoms with E-state index in [9.17, 15) is 4.79 Å². The maximum Gasteiger partial charge on any atom is 0.256 e. The Morgan fingerprint density at radius 2 is 2.47 bits per heavy atom. The van der Waals surface area contributed by atoms with Crippen molar-refractivity contribution in [2.24, 2.45) is 0 Å². The van der Waals surface area contributed by atoms with Crippen LogP contribution < -0.4 is 5.56 Å². The van der Waals surface area contributed by atoms with Crippen LogP contribution in [0.15, 0.2) is 22.3 Å². The number of fused-ring (bicyclic) bond motifs is 1.